The number of hydrogen-bond donors (Lipinski definition) is 2. The maximum Gasteiger partial charge on any atom is 0.326 e. The molecule has 1 amide bonds. The van der Waals surface area contributed by atoms with Crippen LogP contribution in [0.15, 0.2) is 0 Å². The molecule has 0 saturated heterocycles. The zero-order valence-corrected chi connectivity index (χ0v) is 8.90. The van der Waals surface area contributed by atoms with Crippen LogP contribution in [-0.2, 0) is 9.59 Å². The van der Waals surface area contributed by atoms with Gasteiger partial charge in [0, 0.05) is 5.92 Å². The summed E-state index contributed by atoms with van der Waals surface area (Å²) < 4.78 is 0. The van der Waals surface area contributed by atoms with Gasteiger partial charge in [-0.15, -0.1) is 0 Å². The van der Waals surface area contributed by atoms with Gasteiger partial charge in [0.05, 0.1) is 0 Å². The molecule has 15 heavy (non-hydrogen) atoms. The van der Waals surface area contributed by atoms with Gasteiger partial charge in [0.25, 0.3) is 0 Å². The maximum absolute atomic E-state index is 11.6. The van der Waals surface area contributed by atoms with Gasteiger partial charge in [-0.2, -0.15) is 0 Å². The molecule has 0 aromatic heterocycles. The Morgan fingerprint density at radius 1 is 1.33 bits per heavy atom. The van der Waals surface area contributed by atoms with Crippen molar-refractivity contribution in [1.29, 1.82) is 0 Å². The van der Waals surface area contributed by atoms with Crippen LogP contribution in [0.5, 0.6) is 0 Å². The highest BCUT2D eigenvalue weighted by Gasteiger charge is 2.40. The second-order valence-electron chi connectivity index (χ2n) is 4.94. The Hall–Kier alpha value is -1.06. The molecule has 2 saturated carbocycles. The summed E-state index contributed by atoms with van der Waals surface area (Å²) in [5, 5.41) is 11.6. The summed E-state index contributed by atoms with van der Waals surface area (Å²) in [6, 6.07) is -0.645. The van der Waals surface area contributed by atoms with Crippen molar-refractivity contribution in [2.45, 2.75) is 38.6 Å². The number of carbonyl (C=O) groups is 2. The number of amides is 1. The summed E-state index contributed by atoms with van der Waals surface area (Å²) in [6.07, 6.45) is 3.67. The Morgan fingerprint density at radius 2 is 1.93 bits per heavy atom. The first-order valence-electron chi connectivity index (χ1n) is 5.61. The van der Waals surface area contributed by atoms with Gasteiger partial charge in [0.2, 0.25) is 5.91 Å². The molecular formula is C11H17NO3. The van der Waals surface area contributed by atoms with E-state index in [1.54, 1.807) is 0 Å². The number of carbonyl (C=O) groups excluding carboxylic acids is 1. The summed E-state index contributed by atoms with van der Waals surface area (Å²) in [5.41, 5.74) is 0. The van der Waals surface area contributed by atoms with Crippen LogP contribution in [0.25, 0.3) is 0 Å². The van der Waals surface area contributed by atoms with E-state index < -0.39 is 12.0 Å². The van der Waals surface area contributed by atoms with Crippen LogP contribution in [0.1, 0.15) is 32.6 Å². The first-order valence-corrected chi connectivity index (χ1v) is 5.61. The average molecular weight is 211 g/mol. The van der Waals surface area contributed by atoms with Crippen LogP contribution in [0.2, 0.25) is 0 Å². The summed E-state index contributed by atoms with van der Waals surface area (Å²) in [4.78, 5) is 22.5. The predicted molar refractivity (Wildman–Crippen MR) is 54.2 cm³/mol. The lowest BCUT2D eigenvalue weighted by atomic mass is 9.75. The quantitative estimate of drug-likeness (QED) is 0.729. The van der Waals surface area contributed by atoms with Crippen molar-refractivity contribution in [3.63, 3.8) is 0 Å². The molecule has 0 bridgehead atoms. The molecule has 2 aliphatic rings. The standard InChI is InChI=1S/C11H17NO3/c1-6-4-8(5-6)10(13)12-9(11(14)15)7-2-3-7/h6-9H,2-5H2,1H3,(H,12,13)(H,14,15). The minimum absolute atomic E-state index is 0.0561. The molecule has 2 rings (SSSR count). The number of aliphatic carboxylic acids is 1. The van der Waals surface area contributed by atoms with Crippen LogP contribution in [0.4, 0.5) is 0 Å². The third-order valence-electron chi connectivity index (χ3n) is 3.40. The Bertz CT molecular complexity index is 280. The first-order chi connectivity index (χ1) is 7.08. The molecule has 2 aliphatic carbocycles. The Kier molecular flexibility index (Phi) is 2.67. The van der Waals surface area contributed by atoms with E-state index in [1.165, 1.54) is 0 Å². The number of nitrogens with one attached hydrogen (secondary N) is 1. The molecular weight excluding hydrogens is 194 g/mol. The molecule has 84 valence electrons. The lowest BCUT2D eigenvalue weighted by molar-refractivity contribution is -0.144. The monoisotopic (exact) mass is 211 g/mol. The molecule has 0 radical (unpaired) electrons. The van der Waals surface area contributed by atoms with E-state index in [4.69, 9.17) is 5.11 Å². The van der Waals surface area contributed by atoms with Gasteiger partial charge >= 0.3 is 5.97 Å². The number of carboxylic acids is 1. The molecule has 1 atom stereocenters. The fourth-order valence-corrected chi connectivity index (χ4v) is 2.20. The van der Waals surface area contributed by atoms with Gasteiger partial charge < -0.3 is 10.4 Å². The van der Waals surface area contributed by atoms with Gasteiger partial charge in [-0.3, -0.25) is 4.79 Å². The fraction of sp³-hybridized carbons (Fsp3) is 0.818. The second kappa shape index (κ2) is 3.83. The maximum atomic E-state index is 11.6. The predicted octanol–water partition coefficient (Wildman–Crippen LogP) is 1.01. The van der Waals surface area contributed by atoms with Crippen LogP contribution in [0, 0.1) is 17.8 Å². The number of rotatable bonds is 4. The summed E-state index contributed by atoms with van der Waals surface area (Å²) in [5.74, 6) is -0.111. The zero-order valence-electron chi connectivity index (χ0n) is 8.90. The summed E-state index contributed by atoms with van der Waals surface area (Å²) in [7, 11) is 0. The highest BCUT2D eigenvalue weighted by atomic mass is 16.4. The van der Waals surface area contributed by atoms with Gasteiger partial charge in [0.1, 0.15) is 6.04 Å². The Labute approximate surface area is 89.0 Å². The van der Waals surface area contributed by atoms with Crippen molar-refractivity contribution in [2.75, 3.05) is 0 Å². The molecule has 0 aromatic carbocycles. The third kappa shape index (κ3) is 2.30. The smallest absolute Gasteiger partial charge is 0.326 e. The molecule has 1 unspecified atom stereocenters. The Morgan fingerprint density at radius 3 is 2.33 bits per heavy atom. The van der Waals surface area contributed by atoms with Crippen molar-refractivity contribution in [3.05, 3.63) is 0 Å². The van der Waals surface area contributed by atoms with E-state index >= 15 is 0 Å². The van der Waals surface area contributed by atoms with E-state index in [-0.39, 0.29) is 17.7 Å². The van der Waals surface area contributed by atoms with Crippen LogP contribution in [-0.4, -0.2) is 23.0 Å². The van der Waals surface area contributed by atoms with E-state index in [9.17, 15) is 9.59 Å². The summed E-state index contributed by atoms with van der Waals surface area (Å²) in [6.45, 7) is 2.11. The highest BCUT2D eigenvalue weighted by molar-refractivity contribution is 5.85. The fourth-order valence-electron chi connectivity index (χ4n) is 2.20. The van der Waals surface area contributed by atoms with E-state index in [1.807, 2.05) is 0 Å². The molecule has 2 fully saturated rings. The molecule has 0 aromatic rings. The van der Waals surface area contributed by atoms with Crippen LogP contribution in [0.3, 0.4) is 0 Å². The zero-order chi connectivity index (χ0) is 11.0. The van der Waals surface area contributed by atoms with Gasteiger partial charge in [-0.1, -0.05) is 6.92 Å². The summed E-state index contributed by atoms with van der Waals surface area (Å²) >= 11 is 0. The second-order valence-corrected chi connectivity index (χ2v) is 4.94. The lowest BCUT2D eigenvalue weighted by Gasteiger charge is -2.32. The van der Waals surface area contributed by atoms with Gasteiger partial charge in [-0.05, 0) is 37.5 Å². The minimum Gasteiger partial charge on any atom is -0.480 e. The van der Waals surface area contributed by atoms with E-state index in [2.05, 4.69) is 12.2 Å². The van der Waals surface area contributed by atoms with Crippen molar-refractivity contribution in [2.24, 2.45) is 17.8 Å². The van der Waals surface area contributed by atoms with E-state index in [0.29, 0.717) is 5.92 Å². The molecule has 0 heterocycles. The molecule has 4 heteroatoms. The number of hydrogen-bond acceptors (Lipinski definition) is 2. The topological polar surface area (TPSA) is 66.4 Å². The normalized spacial score (nSPS) is 31.5. The Balaban J connectivity index is 1.83. The highest BCUT2D eigenvalue weighted by Crippen LogP contribution is 2.35. The van der Waals surface area contributed by atoms with Gasteiger partial charge in [-0.25, -0.2) is 4.79 Å². The van der Waals surface area contributed by atoms with Crippen molar-refractivity contribution in [3.8, 4) is 0 Å². The van der Waals surface area contributed by atoms with Crippen molar-refractivity contribution in [1.82, 2.24) is 5.32 Å². The first kappa shape index (κ1) is 10.5. The van der Waals surface area contributed by atoms with Crippen molar-refractivity contribution < 1.29 is 14.7 Å². The third-order valence-corrected chi connectivity index (χ3v) is 3.40. The van der Waals surface area contributed by atoms with E-state index in [0.717, 1.165) is 25.7 Å². The minimum atomic E-state index is -0.891. The SMILES string of the molecule is CC1CC(C(=O)NC(C(=O)O)C2CC2)C1. The molecule has 4 nitrogen and oxygen atoms in total. The number of carboxylic acid groups (broad SMARTS) is 1. The molecule has 2 N–H and O–H groups in total. The lowest BCUT2D eigenvalue weighted by Crippen LogP contribution is -2.47. The van der Waals surface area contributed by atoms with Crippen LogP contribution < -0.4 is 5.32 Å². The molecule has 0 aliphatic heterocycles. The van der Waals surface area contributed by atoms with Crippen molar-refractivity contribution >= 4 is 11.9 Å². The molecule has 0 spiro atoms. The van der Waals surface area contributed by atoms with Crippen LogP contribution >= 0.6 is 0 Å². The van der Waals surface area contributed by atoms with Gasteiger partial charge in [0.15, 0.2) is 0 Å². The average Bonchev–Trinajstić information content (AvgIpc) is 2.91. The largest absolute Gasteiger partial charge is 0.480 e.